The van der Waals surface area contributed by atoms with Crippen LogP contribution in [-0.2, 0) is 9.59 Å². The number of allylic oxidation sites excluding steroid dienone is 5. The van der Waals surface area contributed by atoms with Gasteiger partial charge in [-0.15, -0.1) is 0 Å². The first-order chi connectivity index (χ1) is 17.5. The predicted octanol–water partition coefficient (Wildman–Crippen LogP) is 4.96. The predicted molar refractivity (Wildman–Crippen MR) is 146 cm³/mol. The Morgan fingerprint density at radius 3 is 2.29 bits per heavy atom. The molecular weight excluding hydrogens is 484 g/mol. The molecule has 0 radical (unpaired) electrons. The fourth-order valence-electron chi connectivity index (χ4n) is 8.18. The van der Waals surface area contributed by atoms with Crippen molar-refractivity contribution in [3.63, 3.8) is 0 Å². The fraction of sp³-hybridized carbons (Fsp3) is 0.742. The van der Waals surface area contributed by atoms with Crippen molar-refractivity contribution in [2.75, 3.05) is 6.61 Å². The molecule has 8 atom stereocenters. The van der Waals surface area contributed by atoms with Crippen molar-refractivity contribution in [1.29, 1.82) is 0 Å². The van der Waals surface area contributed by atoms with Crippen LogP contribution in [0.2, 0.25) is 0 Å². The number of carboxylic acid groups (broad SMARTS) is 2. The SMILES string of the molecule is C=C(C)C1CC=C2C(=CCC3(C)C(C(CCC(O)(CO)C(C)C)C(=O)O)C(O)CC23C)C1(C)CCC(=O)O. The van der Waals surface area contributed by atoms with Crippen LogP contribution in [0.1, 0.15) is 86.5 Å². The molecule has 38 heavy (non-hydrogen) atoms. The van der Waals surface area contributed by atoms with Crippen LogP contribution in [-0.4, -0.2) is 55.8 Å². The van der Waals surface area contributed by atoms with Gasteiger partial charge in [0.05, 0.1) is 24.2 Å². The van der Waals surface area contributed by atoms with E-state index in [0.717, 1.165) is 23.1 Å². The molecule has 0 aromatic rings. The Hall–Kier alpha value is -1.96. The normalized spacial score (nSPS) is 36.9. The second kappa shape index (κ2) is 10.5. The lowest BCUT2D eigenvalue weighted by Crippen LogP contribution is -2.49. The molecule has 0 heterocycles. The Labute approximate surface area is 227 Å². The third kappa shape index (κ3) is 4.79. The van der Waals surface area contributed by atoms with Crippen LogP contribution in [0.4, 0.5) is 0 Å². The standard InChI is InChI=1S/C31H48O7/c1-18(2)21-8-9-23-22(28(21,5)13-12-25(34)35)11-14-29(6)26(24(33)16-30(23,29)7)20(27(36)37)10-15-31(38,17-32)19(3)4/h9,11,19-21,24,26,32-33,38H,1,8,10,12-17H2,2-7H3,(H,34,35)(H,36,37). The maximum atomic E-state index is 12.6. The van der Waals surface area contributed by atoms with E-state index >= 15 is 0 Å². The van der Waals surface area contributed by atoms with Crippen molar-refractivity contribution in [2.45, 2.75) is 98.2 Å². The third-order valence-corrected chi connectivity index (χ3v) is 11.0. The van der Waals surface area contributed by atoms with Crippen molar-refractivity contribution in [1.82, 2.24) is 0 Å². The lowest BCUT2D eigenvalue weighted by atomic mass is 9.48. The monoisotopic (exact) mass is 532 g/mol. The molecule has 0 aromatic heterocycles. The fourth-order valence-corrected chi connectivity index (χ4v) is 8.18. The van der Waals surface area contributed by atoms with Gasteiger partial charge in [-0.2, -0.15) is 0 Å². The number of hydrogen-bond acceptors (Lipinski definition) is 5. The first-order valence-electron chi connectivity index (χ1n) is 14.0. The molecule has 214 valence electrons. The highest BCUT2D eigenvalue weighted by Crippen LogP contribution is 2.70. The van der Waals surface area contributed by atoms with Gasteiger partial charge in [0.1, 0.15) is 0 Å². The van der Waals surface area contributed by atoms with Crippen molar-refractivity contribution in [3.05, 3.63) is 35.5 Å². The van der Waals surface area contributed by atoms with Gasteiger partial charge in [0.25, 0.3) is 0 Å². The topological polar surface area (TPSA) is 135 Å². The Morgan fingerprint density at radius 1 is 1.16 bits per heavy atom. The summed E-state index contributed by atoms with van der Waals surface area (Å²) in [6.45, 7) is 15.7. The van der Waals surface area contributed by atoms with Gasteiger partial charge in [-0.05, 0) is 79.3 Å². The highest BCUT2D eigenvalue weighted by molar-refractivity contribution is 5.71. The van der Waals surface area contributed by atoms with Crippen LogP contribution in [0.15, 0.2) is 35.5 Å². The van der Waals surface area contributed by atoms with Crippen LogP contribution in [0.3, 0.4) is 0 Å². The van der Waals surface area contributed by atoms with E-state index < -0.39 is 58.3 Å². The molecule has 0 spiro atoms. The van der Waals surface area contributed by atoms with Gasteiger partial charge in [0.15, 0.2) is 0 Å². The molecule has 3 aliphatic rings. The summed E-state index contributed by atoms with van der Waals surface area (Å²) in [5.74, 6) is -3.39. The van der Waals surface area contributed by atoms with E-state index in [0.29, 0.717) is 19.3 Å². The molecule has 1 saturated carbocycles. The molecule has 0 saturated heterocycles. The van der Waals surface area contributed by atoms with Crippen LogP contribution in [0.25, 0.3) is 0 Å². The summed E-state index contributed by atoms with van der Waals surface area (Å²) >= 11 is 0. The van der Waals surface area contributed by atoms with Crippen molar-refractivity contribution >= 4 is 11.9 Å². The third-order valence-electron chi connectivity index (χ3n) is 11.0. The van der Waals surface area contributed by atoms with Gasteiger partial charge in [-0.1, -0.05) is 58.9 Å². The number of aliphatic carboxylic acids is 2. The Bertz CT molecular complexity index is 1030. The molecule has 0 aromatic carbocycles. The Kier molecular flexibility index (Phi) is 8.49. The average molecular weight is 533 g/mol. The first-order valence-corrected chi connectivity index (χ1v) is 14.0. The molecule has 7 heteroatoms. The molecular formula is C31H48O7. The quantitative estimate of drug-likeness (QED) is 0.237. The second-order valence-electron chi connectivity index (χ2n) is 13.3. The molecule has 0 amide bonds. The summed E-state index contributed by atoms with van der Waals surface area (Å²) in [7, 11) is 0. The lowest BCUT2D eigenvalue weighted by molar-refractivity contribution is -0.150. The largest absolute Gasteiger partial charge is 0.481 e. The zero-order valence-electron chi connectivity index (χ0n) is 24.0. The van der Waals surface area contributed by atoms with Crippen molar-refractivity contribution in [3.8, 4) is 0 Å². The number of carboxylic acids is 2. The van der Waals surface area contributed by atoms with Gasteiger partial charge in [-0.3, -0.25) is 9.59 Å². The van der Waals surface area contributed by atoms with E-state index in [-0.39, 0.29) is 31.1 Å². The number of carbonyl (C=O) groups is 2. The van der Waals surface area contributed by atoms with Gasteiger partial charge in [0, 0.05) is 17.8 Å². The van der Waals surface area contributed by atoms with Gasteiger partial charge >= 0.3 is 11.9 Å². The van der Waals surface area contributed by atoms with Crippen LogP contribution >= 0.6 is 0 Å². The van der Waals surface area contributed by atoms with Gasteiger partial charge < -0.3 is 25.5 Å². The van der Waals surface area contributed by atoms with Gasteiger partial charge in [-0.25, -0.2) is 0 Å². The Morgan fingerprint density at radius 2 is 1.79 bits per heavy atom. The molecule has 5 N–H and O–H groups in total. The smallest absolute Gasteiger partial charge is 0.306 e. The summed E-state index contributed by atoms with van der Waals surface area (Å²) in [5.41, 5.74) is 0.404. The molecule has 3 aliphatic carbocycles. The lowest BCUT2D eigenvalue weighted by Gasteiger charge is -2.56. The molecule has 0 aliphatic heterocycles. The molecule has 1 fully saturated rings. The summed E-state index contributed by atoms with van der Waals surface area (Å²) in [6, 6.07) is 0. The number of hydrogen-bond donors (Lipinski definition) is 5. The summed E-state index contributed by atoms with van der Waals surface area (Å²) in [4.78, 5) is 24.2. The number of aliphatic hydroxyl groups is 3. The summed E-state index contributed by atoms with van der Waals surface area (Å²) in [5, 5.41) is 52.0. The zero-order chi connectivity index (χ0) is 28.8. The van der Waals surface area contributed by atoms with E-state index in [2.05, 4.69) is 39.5 Å². The maximum absolute atomic E-state index is 12.6. The number of rotatable bonds is 11. The van der Waals surface area contributed by atoms with Crippen LogP contribution in [0, 0.1) is 39.9 Å². The zero-order valence-corrected chi connectivity index (χ0v) is 24.0. The molecule has 7 nitrogen and oxygen atoms in total. The van der Waals surface area contributed by atoms with Crippen LogP contribution in [0.5, 0.6) is 0 Å². The highest BCUT2D eigenvalue weighted by Gasteiger charge is 2.65. The van der Waals surface area contributed by atoms with Crippen LogP contribution < -0.4 is 0 Å². The second-order valence-corrected chi connectivity index (χ2v) is 13.3. The van der Waals surface area contributed by atoms with Crippen molar-refractivity contribution < 1.29 is 35.1 Å². The van der Waals surface area contributed by atoms with E-state index in [4.69, 9.17) is 0 Å². The molecule has 0 bridgehead atoms. The van der Waals surface area contributed by atoms with E-state index in [1.165, 1.54) is 0 Å². The number of aliphatic hydroxyl groups excluding tert-OH is 2. The van der Waals surface area contributed by atoms with E-state index in [9.17, 15) is 35.1 Å². The number of fused-ring (bicyclic) bond motifs is 3. The minimum Gasteiger partial charge on any atom is -0.481 e. The minimum atomic E-state index is -1.38. The average Bonchev–Trinajstić information content (AvgIpc) is 3.03. The van der Waals surface area contributed by atoms with Gasteiger partial charge in [0.2, 0.25) is 0 Å². The van der Waals surface area contributed by atoms with E-state index in [1.807, 2.05) is 6.92 Å². The maximum Gasteiger partial charge on any atom is 0.306 e. The molecule has 3 rings (SSSR count). The summed E-state index contributed by atoms with van der Waals surface area (Å²) in [6.07, 6.45) is 6.09. The van der Waals surface area contributed by atoms with Crippen molar-refractivity contribution in [2.24, 2.45) is 39.9 Å². The Balaban J connectivity index is 2.05. The molecule has 8 unspecified atom stereocenters. The highest BCUT2D eigenvalue weighted by atomic mass is 16.4. The summed E-state index contributed by atoms with van der Waals surface area (Å²) < 4.78 is 0. The minimum absolute atomic E-state index is 0.0504. The first kappa shape index (κ1) is 30.6. The van der Waals surface area contributed by atoms with E-state index in [1.54, 1.807) is 13.8 Å².